The number of rotatable bonds is 6. The van der Waals surface area contributed by atoms with Gasteiger partial charge in [-0.25, -0.2) is 4.79 Å². The second kappa shape index (κ2) is 8.81. The number of hydrogen-bond acceptors (Lipinski definition) is 3. The van der Waals surface area contributed by atoms with Crippen molar-refractivity contribution in [3.8, 4) is 0 Å². The largest absolute Gasteiger partial charge is 0.464 e. The van der Waals surface area contributed by atoms with E-state index in [1.165, 1.54) is 5.56 Å². The van der Waals surface area contributed by atoms with Gasteiger partial charge in [0.2, 0.25) is 0 Å². The Morgan fingerprint density at radius 2 is 1.83 bits per heavy atom. The molecular weight excluding hydrogens is 362 g/mol. The molecule has 3 rings (SSSR count). The lowest BCUT2D eigenvalue weighted by atomic mass is 9.79. The zero-order valence-electron chi connectivity index (χ0n) is 17.9. The maximum absolute atomic E-state index is 13.3. The SMILES string of the molecule is CCOC(=O)[C@@](C)(NC(=O)c1cccc2c1CCCC2)[C@H](C)c1ccccc1C. The predicted octanol–water partition coefficient (Wildman–Crippen LogP) is 4.73. The van der Waals surface area contributed by atoms with Gasteiger partial charge in [0.05, 0.1) is 6.61 Å². The smallest absolute Gasteiger partial charge is 0.332 e. The summed E-state index contributed by atoms with van der Waals surface area (Å²) >= 11 is 0. The van der Waals surface area contributed by atoms with Crippen LogP contribution in [0.2, 0.25) is 0 Å². The molecule has 2 aromatic rings. The van der Waals surface area contributed by atoms with Gasteiger partial charge in [0.1, 0.15) is 5.54 Å². The molecule has 154 valence electrons. The Hall–Kier alpha value is -2.62. The van der Waals surface area contributed by atoms with Gasteiger partial charge < -0.3 is 10.1 Å². The summed E-state index contributed by atoms with van der Waals surface area (Å²) in [4.78, 5) is 26.4. The molecular formula is C25H31NO3. The minimum atomic E-state index is -1.17. The van der Waals surface area contributed by atoms with E-state index in [0.717, 1.165) is 42.4 Å². The quantitative estimate of drug-likeness (QED) is 0.722. The molecule has 29 heavy (non-hydrogen) atoms. The second-order valence-electron chi connectivity index (χ2n) is 8.11. The van der Waals surface area contributed by atoms with Crippen LogP contribution in [0, 0.1) is 6.92 Å². The van der Waals surface area contributed by atoms with Crippen LogP contribution in [-0.2, 0) is 22.4 Å². The van der Waals surface area contributed by atoms with Crippen molar-refractivity contribution in [1.29, 1.82) is 0 Å². The van der Waals surface area contributed by atoms with Crippen LogP contribution in [0.3, 0.4) is 0 Å². The second-order valence-corrected chi connectivity index (χ2v) is 8.11. The molecule has 0 heterocycles. The van der Waals surface area contributed by atoms with Gasteiger partial charge in [-0.2, -0.15) is 0 Å². The highest BCUT2D eigenvalue weighted by Crippen LogP contribution is 2.32. The standard InChI is InChI=1S/C25H31NO3/c1-5-29-24(28)25(4,18(3)20-14-8-6-11-17(20)2)26-23(27)22-16-10-13-19-12-7-9-15-21(19)22/h6,8,10-11,13-14,16,18H,5,7,9,12,15H2,1-4H3,(H,26,27)/t18-,25+/m1/s1. The number of fused-ring (bicyclic) bond motifs is 1. The lowest BCUT2D eigenvalue weighted by Crippen LogP contribution is -2.56. The number of esters is 1. The summed E-state index contributed by atoms with van der Waals surface area (Å²) in [6, 6.07) is 13.9. The molecule has 0 saturated heterocycles. The molecule has 2 aromatic carbocycles. The number of benzene rings is 2. The maximum atomic E-state index is 13.3. The van der Waals surface area contributed by atoms with Gasteiger partial charge >= 0.3 is 5.97 Å². The first-order valence-corrected chi connectivity index (χ1v) is 10.5. The summed E-state index contributed by atoms with van der Waals surface area (Å²) in [6.07, 6.45) is 4.16. The Morgan fingerprint density at radius 1 is 1.10 bits per heavy atom. The molecule has 0 spiro atoms. The molecule has 0 fully saturated rings. The van der Waals surface area contributed by atoms with Gasteiger partial charge in [0, 0.05) is 11.5 Å². The summed E-state index contributed by atoms with van der Waals surface area (Å²) in [5.41, 5.74) is 3.98. The highest BCUT2D eigenvalue weighted by Gasteiger charge is 2.43. The third kappa shape index (κ3) is 4.21. The Bertz CT molecular complexity index is 905. The number of hydrogen-bond donors (Lipinski definition) is 1. The monoisotopic (exact) mass is 393 g/mol. The van der Waals surface area contributed by atoms with Crippen molar-refractivity contribution in [2.45, 2.75) is 64.8 Å². The van der Waals surface area contributed by atoms with Crippen LogP contribution in [0.4, 0.5) is 0 Å². The molecule has 1 aliphatic carbocycles. The zero-order valence-corrected chi connectivity index (χ0v) is 17.9. The van der Waals surface area contributed by atoms with Crippen molar-refractivity contribution in [2.24, 2.45) is 0 Å². The summed E-state index contributed by atoms with van der Waals surface area (Å²) in [7, 11) is 0. The third-order valence-electron chi connectivity index (χ3n) is 6.23. The Labute approximate surface area is 173 Å². The lowest BCUT2D eigenvalue weighted by Gasteiger charge is -2.35. The van der Waals surface area contributed by atoms with E-state index in [4.69, 9.17) is 4.74 Å². The number of amides is 1. The van der Waals surface area contributed by atoms with Crippen molar-refractivity contribution < 1.29 is 14.3 Å². The first-order valence-electron chi connectivity index (χ1n) is 10.5. The molecule has 1 N–H and O–H groups in total. The van der Waals surface area contributed by atoms with E-state index >= 15 is 0 Å². The number of nitrogens with one attached hydrogen (secondary N) is 1. The fraction of sp³-hybridized carbons (Fsp3) is 0.440. The molecule has 0 aromatic heterocycles. The fourth-order valence-corrected chi connectivity index (χ4v) is 4.30. The molecule has 0 aliphatic heterocycles. The van der Waals surface area contributed by atoms with Crippen molar-refractivity contribution in [2.75, 3.05) is 6.61 Å². The molecule has 2 atom stereocenters. The van der Waals surface area contributed by atoms with Crippen LogP contribution in [0.15, 0.2) is 42.5 Å². The summed E-state index contributed by atoms with van der Waals surface area (Å²) < 4.78 is 5.39. The van der Waals surface area contributed by atoms with E-state index in [2.05, 4.69) is 11.4 Å². The summed E-state index contributed by atoms with van der Waals surface area (Å²) in [5, 5.41) is 3.06. The zero-order chi connectivity index (χ0) is 21.0. The number of ether oxygens (including phenoxy) is 1. The van der Waals surface area contributed by atoms with E-state index in [-0.39, 0.29) is 18.4 Å². The molecule has 0 unspecified atom stereocenters. The number of aryl methyl sites for hydroxylation is 2. The van der Waals surface area contributed by atoms with E-state index in [0.29, 0.717) is 5.56 Å². The van der Waals surface area contributed by atoms with E-state index in [9.17, 15) is 9.59 Å². The first kappa shape index (κ1) is 21.1. The molecule has 1 aliphatic rings. The van der Waals surface area contributed by atoms with Gasteiger partial charge in [-0.1, -0.05) is 43.3 Å². The van der Waals surface area contributed by atoms with Crippen molar-refractivity contribution in [3.63, 3.8) is 0 Å². The van der Waals surface area contributed by atoms with Gasteiger partial charge in [-0.15, -0.1) is 0 Å². The topological polar surface area (TPSA) is 55.4 Å². The lowest BCUT2D eigenvalue weighted by molar-refractivity contribution is -0.151. The van der Waals surface area contributed by atoms with Crippen LogP contribution in [-0.4, -0.2) is 24.0 Å². The molecule has 1 amide bonds. The van der Waals surface area contributed by atoms with Crippen LogP contribution in [0.5, 0.6) is 0 Å². The molecule has 0 bridgehead atoms. The van der Waals surface area contributed by atoms with E-state index in [1.54, 1.807) is 13.8 Å². The molecule has 0 radical (unpaired) electrons. The number of carbonyl (C=O) groups excluding carboxylic acids is 2. The van der Waals surface area contributed by atoms with Gasteiger partial charge in [0.25, 0.3) is 5.91 Å². The minimum absolute atomic E-state index is 0.209. The Morgan fingerprint density at radius 3 is 2.55 bits per heavy atom. The molecule has 4 heteroatoms. The maximum Gasteiger partial charge on any atom is 0.332 e. The molecule has 4 nitrogen and oxygen atoms in total. The summed E-state index contributed by atoms with van der Waals surface area (Å²) in [6.45, 7) is 7.82. The minimum Gasteiger partial charge on any atom is -0.464 e. The van der Waals surface area contributed by atoms with Crippen molar-refractivity contribution >= 4 is 11.9 Å². The number of carbonyl (C=O) groups is 2. The van der Waals surface area contributed by atoms with Gasteiger partial charge in [-0.05, 0) is 74.8 Å². The predicted molar refractivity (Wildman–Crippen MR) is 115 cm³/mol. The van der Waals surface area contributed by atoms with Crippen LogP contribution >= 0.6 is 0 Å². The van der Waals surface area contributed by atoms with Crippen LogP contribution in [0.25, 0.3) is 0 Å². The van der Waals surface area contributed by atoms with Crippen LogP contribution in [0.1, 0.15) is 72.1 Å². The van der Waals surface area contributed by atoms with Gasteiger partial charge in [0.15, 0.2) is 0 Å². The van der Waals surface area contributed by atoms with Crippen molar-refractivity contribution in [3.05, 3.63) is 70.3 Å². The highest BCUT2D eigenvalue weighted by atomic mass is 16.5. The van der Waals surface area contributed by atoms with Crippen molar-refractivity contribution in [1.82, 2.24) is 5.32 Å². The van der Waals surface area contributed by atoms with E-state index in [1.807, 2.05) is 50.2 Å². The Kier molecular flexibility index (Phi) is 6.41. The Balaban J connectivity index is 1.97. The highest BCUT2D eigenvalue weighted by molar-refractivity contribution is 5.99. The van der Waals surface area contributed by atoms with Crippen LogP contribution < -0.4 is 5.32 Å². The van der Waals surface area contributed by atoms with E-state index < -0.39 is 11.5 Å². The first-order chi connectivity index (χ1) is 13.9. The third-order valence-corrected chi connectivity index (χ3v) is 6.23. The average molecular weight is 394 g/mol. The fourth-order valence-electron chi connectivity index (χ4n) is 4.30. The molecule has 0 saturated carbocycles. The summed E-state index contributed by atoms with van der Waals surface area (Å²) in [5.74, 6) is -0.861. The van der Waals surface area contributed by atoms with Gasteiger partial charge in [-0.3, -0.25) is 4.79 Å². The average Bonchev–Trinajstić information content (AvgIpc) is 2.73. The normalized spacial score (nSPS) is 16.3.